The number of amides is 2. The van der Waals surface area contributed by atoms with Crippen LogP contribution in [0.25, 0.3) is 0 Å². The molecule has 2 aromatic carbocycles. The molecule has 0 spiro atoms. The summed E-state index contributed by atoms with van der Waals surface area (Å²) in [7, 11) is -3.86. The molecule has 0 bridgehead atoms. The van der Waals surface area contributed by atoms with E-state index in [1.165, 1.54) is 42.2 Å². The number of thioether (sulfide) groups is 1. The van der Waals surface area contributed by atoms with Crippen LogP contribution in [0.4, 0.5) is 0 Å². The number of nitrogens with one attached hydrogen (secondary N) is 3. The van der Waals surface area contributed by atoms with Gasteiger partial charge < -0.3 is 0 Å². The minimum Gasteiger partial charge on any atom is -0.267 e. The van der Waals surface area contributed by atoms with Gasteiger partial charge in [-0.3, -0.25) is 20.4 Å². The molecule has 12 heteroatoms. The number of carbonyl (C=O) groups excluding carboxylic acids is 2. The van der Waals surface area contributed by atoms with Crippen LogP contribution in [-0.2, 0) is 16.6 Å². The Morgan fingerprint density at radius 2 is 1.75 bits per heavy atom. The van der Waals surface area contributed by atoms with E-state index in [2.05, 4.69) is 25.5 Å². The van der Waals surface area contributed by atoms with E-state index < -0.39 is 21.8 Å². The minimum absolute atomic E-state index is 0.0205. The summed E-state index contributed by atoms with van der Waals surface area (Å²) < 4.78 is 27.7. The number of aromatic nitrogens is 2. The highest BCUT2D eigenvalue weighted by Crippen LogP contribution is 2.16. The van der Waals surface area contributed by atoms with Crippen molar-refractivity contribution in [1.29, 1.82) is 0 Å². The third-order valence-electron chi connectivity index (χ3n) is 4.12. The Balaban J connectivity index is 1.66. The predicted molar refractivity (Wildman–Crippen MR) is 121 cm³/mol. The normalized spacial score (nSPS) is 11.1. The van der Waals surface area contributed by atoms with Crippen LogP contribution in [0.3, 0.4) is 0 Å². The van der Waals surface area contributed by atoms with Crippen LogP contribution in [-0.4, -0.2) is 36.5 Å². The number of hydrogen-bond donors (Lipinski definition) is 3. The fourth-order valence-electron chi connectivity index (χ4n) is 2.52. The van der Waals surface area contributed by atoms with E-state index in [-0.39, 0.29) is 27.7 Å². The number of sulfonamides is 1. The van der Waals surface area contributed by atoms with E-state index >= 15 is 0 Å². The van der Waals surface area contributed by atoms with Crippen LogP contribution in [0.15, 0.2) is 70.8 Å². The van der Waals surface area contributed by atoms with Crippen molar-refractivity contribution < 1.29 is 18.0 Å². The lowest BCUT2D eigenvalue weighted by molar-refractivity contribution is 0.0843. The number of rotatable bonds is 7. The zero-order chi connectivity index (χ0) is 23.1. The Bertz CT molecular complexity index is 1240. The first-order valence-electron chi connectivity index (χ1n) is 9.11. The first kappa shape index (κ1) is 23.7. The summed E-state index contributed by atoms with van der Waals surface area (Å²) in [5.41, 5.74) is 5.15. The van der Waals surface area contributed by atoms with Crippen molar-refractivity contribution >= 4 is 45.2 Å². The summed E-state index contributed by atoms with van der Waals surface area (Å²) in [4.78, 5) is 32.6. The number of halogens is 1. The number of benzene rings is 2. The van der Waals surface area contributed by atoms with Gasteiger partial charge >= 0.3 is 0 Å². The number of carbonyl (C=O) groups is 2. The van der Waals surface area contributed by atoms with Gasteiger partial charge in [-0.15, -0.1) is 0 Å². The smallest absolute Gasteiger partial charge is 0.267 e. The summed E-state index contributed by atoms with van der Waals surface area (Å²) >= 11 is 7.17. The quantitative estimate of drug-likeness (QED) is 0.263. The largest absolute Gasteiger partial charge is 0.289 e. The molecule has 0 aliphatic rings. The first-order valence-corrected chi connectivity index (χ1v) is 12.2. The van der Waals surface area contributed by atoms with Gasteiger partial charge in [-0.2, -0.15) is 0 Å². The Kier molecular flexibility index (Phi) is 7.80. The topological polar surface area (TPSA) is 130 Å². The van der Waals surface area contributed by atoms with Gasteiger partial charge in [0.2, 0.25) is 10.0 Å². The van der Waals surface area contributed by atoms with Gasteiger partial charge in [0.1, 0.15) is 0 Å². The van der Waals surface area contributed by atoms with Gasteiger partial charge in [0.05, 0.1) is 16.1 Å². The first-order chi connectivity index (χ1) is 15.3. The lowest BCUT2D eigenvalue weighted by Crippen LogP contribution is -2.42. The fourth-order valence-corrected chi connectivity index (χ4v) is 4.10. The van der Waals surface area contributed by atoms with Crippen molar-refractivity contribution in [3.63, 3.8) is 0 Å². The number of hydrogen-bond acceptors (Lipinski definition) is 7. The van der Waals surface area contributed by atoms with Gasteiger partial charge in [0, 0.05) is 12.1 Å². The Morgan fingerprint density at radius 3 is 2.47 bits per heavy atom. The average molecular weight is 492 g/mol. The van der Waals surface area contributed by atoms with E-state index in [0.29, 0.717) is 5.16 Å². The molecule has 0 aliphatic carbocycles. The summed E-state index contributed by atoms with van der Waals surface area (Å²) in [6, 6.07) is 14.5. The van der Waals surface area contributed by atoms with Crippen molar-refractivity contribution in [2.75, 3.05) is 6.26 Å². The van der Waals surface area contributed by atoms with E-state index in [9.17, 15) is 18.0 Å². The van der Waals surface area contributed by atoms with Crippen molar-refractivity contribution in [3.8, 4) is 0 Å². The fraction of sp³-hybridized carbons (Fsp3) is 0.100. The highest BCUT2D eigenvalue weighted by atomic mass is 35.5. The van der Waals surface area contributed by atoms with E-state index in [0.717, 1.165) is 5.56 Å². The monoisotopic (exact) mass is 491 g/mol. The highest BCUT2D eigenvalue weighted by Gasteiger charge is 2.18. The highest BCUT2D eigenvalue weighted by molar-refractivity contribution is 7.98. The van der Waals surface area contributed by atoms with E-state index in [1.807, 2.05) is 6.07 Å². The molecule has 32 heavy (non-hydrogen) atoms. The summed E-state index contributed by atoms with van der Waals surface area (Å²) in [5, 5.41) is 0.360. The van der Waals surface area contributed by atoms with Crippen LogP contribution in [0.5, 0.6) is 0 Å². The Labute approximate surface area is 194 Å². The SMILES string of the molecule is CSc1ncc(Cl)c(C(=O)NNC(=O)c2cccc(S(=O)(=O)NCc3ccccc3)c2)n1. The molecular weight excluding hydrogens is 474 g/mol. The standard InChI is InChI=1S/C20H18ClN5O4S2/c1-31-20-22-12-16(21)17(24-20)19(28)26-25-18(27)14-8-5-9-15(10-14)32(29,30)23-11-13-6-3-2-4-7-13/h2-10,12,23H,11H2,1H3,(H,25,27)(H,26,28). The van der Waals surface area contributed by atoms with Gasteiger partial charge in [-0.1, -0.05) is 59.8 Å². The van der Waals surface area contributed by atoms with Crippen molar-refractivity contribution in [2.45, 2.75) is 16.6 Å². The molecule has 9 nitrogen and oxygen atoms in total. The third kappa shape index (κ3) is 6.04. The maximum Gasteiger partial charge on any atom is 0.289 e. The zero-order valence-corrected chi connectivity index (χ0v) is 19.1. The average Bonchev–Trinajstić information content (AvgIpc) is 2.82. The molecule has 3 rings (SSSR count). The molecular formula is C20H18ClN5O4S2. The van der Waals surface area contributed by atoms with Gasteiger partial charge in [-0.05, 0) is 30.0 Å². The maximum atomic E-state index is 12.6. The molecule has 0 radical (unpaired) electrons. The molecule has 166 valence electrons. The summed E-state index contributed by atoms with van der Waals surface area (Å²) in [6.07, 6.45) is 3.02. The van der Waals surface area contributed by atoms with Crippen LogP contribution in [0, 0.1) is 0 Å². The van der Waals surface area contributed by atoms with E-state index in [4.69, 9.17) is 11.6 Å². The van der Waals surface area contributed by atoms with Crippen LogP contribution in [0.2, 0.25) is 5.02 Å². The molecule has 0 saturated heterocycles. The maximum absolute atomic E-state index is 12.6. The van der Waals surface area contributed by atoms with E-state index in [1.54, 1.807) is 30.5 Å². The predicted octanol–water partition coefficient (Wildman–Crippen LogP) is 2.41. The Morgan fingerprint density at radius 1 is 1.03 bits per heavy atom. The van der Waals surface area contributed by atoms with Crippen LogP contribution >= 0.6 is 23.4 Å². The second-order valence-corrected chi connectivity index (χ2v) is 9.25. The molecule has 0 unspecified atom stereocenters. The van der Waals surface area contributed by atoms with Crippen molar-refractivity contribution in [1.82, 2.24) is 25.5 Å². The molecule has 0 aliphatic heterocycles. The zero-order valence-electron chi connectivity index (χ0n) is 16.7. The molecule has 3 aromatic rings. The van der Waals surface area contributed by atoms with Crippen molar-refractivity contribution in [2.24, 2.45) is 0 Å². The van der Waals surface area contributed by atoms with Gasteiger partial charge in [0.25, 0.3) is 11.8 Å². The lowest BCUT2D eigenvalue weighted by atomic mass is 10.2. The second kappa shape index (κ2) is 10.6. The van der Waals surface area contributed by atoms with Crippen LogP contribution < -0.4 is 15.6 Å². The number of hydrazine groups is 1. The molecule has 0 fully saturated rings. The molecule has 2 amide bonds. The second-order valence-electron chi connectivity index (χ2n) is 6.30. The molecule has 0 saturated carbocycles. The summed E-state index contributed by atoms with van der Waals surface area (Å²) in [6.45, 7) is 0.105. The number of nitrogens with zero attached hydrogens (tertiary/aromatic N) is 2. The van der Waals surface area contributed by atoms with Gasteiger partial charge in [0.15, 0.2) is 10.9 Å². The van der Waals surface area contributed by atoms with Crippen LogP contribution in [0.1, 0.15) is 26.4 Å². The molecule has 1 aromatic heterocycles. The molecule has 0 atom stereocenters. The third-order valence-corrected chi connectivity index (χ3v) is 6.36. The molecule has 1 heterocycles. The summed E-state index contributed by atoms with van der Waals surface area (Å²) in [5.74, 6) is -1.46. The minimum atomic E-state index is -3.86. The van der Waals surface area contributed by atoms with Crippen molar-refractivity contribution in [3.05, 3.63) is 82.6 Å². The van der Waals surface area contributed by atoms with Gasteiger partial charge in [-0.25, -0.2) is 23.1 Å². The molecule has 3 N–H and O–H groups in total. The Hall–Kier alpha value is -2.99. The lowest BCUT2D eigenvalue weighted by Gasteiger charge is -2.10.